The molecule has 1 heterocycles. The Labute approximate surface area is 173 Å². The number of piperidine rings is 1. The third-order valence-electron chi connectivity index (χ3n) is 4.11. The maximum absolute atomic E-state index is 12.5. The molecule has 1 aromatic carbocycles. The van der Waals surface area contributed by atoms with E-state index in [9.17, 15) is 14.4 Å². The van der Waals surface area contributed by atoms with Gasteiger partial charge in [-0.05, 0) is 57.0 Å². The van der Waals surface area contributed by atoms with Crippen molar-refractivity contribution in [1.29, 1.82) is 0 Å². The Kier molecular flexibility index (Phi) is 10.6. The van der Waals surface area contributed by atoms with Gasteiger partial charge < -0.3 is 20.4 Å². The number of carbonyl (C=O) groups excluding carboxylic acids is 1. The Hall–Kier alpha value is -2.09. The van der Waals surface area contributed by atoms with Crippen LogP contribution in [0.5, 0.6) is 0 Å². The van der Waals surface area contributed by atoms with Crippen LogP contribution in [0.1, 0.15) is 26.2 Å². The van der Waals surface area contributed by atoms with E-state index in [-0.39, 0.29) is 5.91 Å². The molecule has 0 radical (unpaired) electrons. The summed E-state index contributed by atoms with van der Waals surface area (Å²) in [4.78, 5) is 33.3. The number of hydrogen-bond donors (Lipinski definition) is 3. The number of carboxylic acids is 2. The van der Waals surface area contributed by atoms with Gasteiger partial charge in [-0.15, -0.1) is 0 Å². The van der Waals surface area contributed by atoms with Gasteiger partial charge in [0.05, 0.1) is 10.7 Å². The summed E-state index contributed by atoms with van der Waals surface area (Å²) in [6, 6.07) is 5.23. The quantitative estimate of drug-likeness (QED) is 0.596. The largest absolute Gasteiger partial charge is 0.478 e. The minimum atomic E-state index is -1.26. The fourth-order valence-corrected chi connectivity index (χ4v) is 3.15. The van der Waals surface area contributed by atoms with E-state index < -0.39 is 11.9 Å². The second kappa shape index (κ2) is 12.4. The zero-order valence-electron chi connectivity index (χ0n) is 15.5. The van der Waals surface area contributed by atoms with Gasteiger partial charge in [0.25, 0.3) is 0 Å². The zero-order valence-corrected chi connectivity index (χ0v) is 17.0. The molecule has 0 spiro atoms. The smallest absolute Gasteiger partial charge is 0.328 e. The van der Waals surface area contributed by atoms with E-state index in [1.807, 2.05) is 6.92 Å². The van der Waals surface area contributed by atoms with Crippen LogP contribution in [0.25, 0.3) is 0 Å². The molecule has 0 aromatic heterocycles. The highest BCUT2D eigenvalue weighted by molar-refractivity contribution is 6.35. The Balaban J connectivity index is 0.000000416. The van der Waals surface area contributed by atoms with Gasteiger partial charge in [0.15, 0.2) is 0 Å². The number of benzene rings is 1. The monoisotopic (exact) mass is 430 g/mol. The molecular weight excluding hydrogens is 407 g/mol. The minimum absolute atomic E-state index is 0.128. The number of hydrogen-bond acceptors (Lipinski definition) is 4. The molecule has 9 heteroatoms. The normalized spacial score (nSPS) is 14.2. The summed E-state index contributed by atoms with van der Waals surface area (Å²) in [6.07, 6.45) is 3.82. The average Bonchev–Trinajstić information content (AvgIpc) is 2.65. The van der Waals surface area contributed by atoms with E-state index in [4.69, 9.17) is 33.4 Å². The minimum Gasteiger partial charge on any atom is -0.478 e. The van der Waals surface area contributed by atoms with Gasteiger partial charge in [-0.25, -0.2) is 9.59 Å². The van der Waals surface area contributed by atoms with Crippen molar-refractivity contribution in [1.82, 2.24) is 5.32 Å². The number of anilines is 1. The summed E-state index contributed by atoms with van der Waals surface area (Å²) in [5.74, 6) is -1.92. The Morgan fingerprint density at radius 2 is 1.71 bits per heavy atom. The van der Waals surface area contributed by atoms with Crippen molar-refractivity contribution in [3.8, 4) is 0 Å². The van der Waals surface area contributed by atoms with Gasteiger partial charge in [-0.3, -0.25) is 4.79 Å². The molecule has 0 atom stereocenters. The van der Waals surface area contributed by atoms with Gasteiger partial charge in [0.2, 0.25) is 5.91 Å². The van der Waals surface area contributed by atoms with Crippen molar-refractivity contribution in [3.63, 3.8) is 0 Å². The molecule has 0 aliphatic carbocycles. The van der Waals surface area contributed by atoms with Crippen LogP contribution in [0, 0.1) is 5.92 Å². The van der Waals surface area contributed by atoms with Gasteiger partial charge in [-0.1, -0.05) is 23.2 Å². The first-order valence-electron chi connectivity index (χ1n) is 8.84. The number of nitrogens with zero attached hydrogens (tertiary/aromatic N) is 1. The first-order chi connectivity index (χ1) is 13.2. The number of carbonyl (C=O) groups is 3. The van der Waals surface area contributed by atoms with Crippen molar-refractivity contribution < 1.29 is 24.6 Å². The molecular formula is C19H24Cl2N2O5. The first kappa shape index (κ1) is 23.9. The molecule has 1 aromatic rings. The summed E-state index contributed by atoms with van der Waals surface area (Å²) < 4.78 is 0. The summed E-state index contributed by atoms with van der Waals surface area (Å²) in [7, 11) is 0. The standard InChI is InChI=1S/C15H20Cl2N2O.C4H4O4/c1-2-19(14-10-12(16)3-4-13(14)17)15(20)9-11-5-7-18-8-6-11;5-3(6)1-2-4(7)8/h3-4,10-11,18H,2,5-9H2,1H3;1-2H,(H,5,6)(H,7,8)/b;2-1+. The van der Waals surface area contributed by atoms with E-state index in [2.05, 4.69) is 5.32 Å². The predicted molar refractivity (Wildman–Crippen MR) is 109 cm³/mol. The summed E-state index contributed by atoms with van der Waals surface area (Å²) in [5, 5.41) is 20.1. The van der Waals surface area contributed by atoms with Gasteiger partial charge in [-0.2, -0.15) is 0 Å². The lowest BCUT2D eigenvalue weighted by molar-refractivity contribution is -0.134. The second-order valence-corrected chi connectivity index (χ2v) is 6.98. The topological polar surface area (TPSA) is 107 Å². The van der Waals surface area contributed by atoms with Crippen molar-refractivity contribution in [2.45, 2.75) is 26.2 Å². The number of amides is 1. The summed E-state index contributed by atoms with van der Waals surface area (Å²) in [5.41, 5.74) is 0.709. The highest BCUT2D eigenvalue weighted by Gasteiger charge is 2.22. The number of rotatable bonds is 6. The number of nitrogens with one attached hydrogen (secondary N) is 1. The molecule has 3 N–H and O–H groups in total. The lowest BCUT2D eigenvalue weighted by Crippen LogP contribution is -2.35. The van der Waals surface area contributed by atoms with E-state index in [1.54, 1.807) is 23.1 Å². The van der Waals surface area contributed by atoms with Crippen LogP contribution < -0.4 is 10.2 Å². The van der Waals surface area contributed by atoms with Crippen LogP contribution in [-0.4, -0.2) is 47.7 Å². The van der Waals surface area contributed by atoms with Crippen molar-refractivity contribution in [2.24, 2.45) is 5.92 Å². The molecule has 28 heavy (non-hydrogen) atoms. The van der Waals surface area contributed by atoms with Crippen LogP contribution in [0.15, 0.2) is 30.4 Å². The fraction of sp³-hybridized carbons (Fsp3) is 0.421. The first-order valence-corrected chi connectivity index (χ1v) is 9.60. The third-order valence-corrected chi connectivity index (χ3v) is 4.66. The fourth-order valence-electron chi connectivity index (χ4n) is 2.76. The number of halogens is 2. The van der Waals surface area contributed by atoms with Crippen LogP contribution >= 0.6 is 23.2 Å². The predicted octanol–water partition coefficient (Wildman–Crippen LogP) is 3.45. The van der Waals surface area contributed by atoms with Crippen LogP contribution in [-0.2, 0) is 14.4 Å². The number of carboxylic acid groups (broad SMARTS) is 2. The van der Waals surface area contributed by atoms with Crippen LogP contribution in [0.3, 0.4) is 0 Å². The maximum atomic E-state index is 12.5. The molecule has 1 fully saturated rings. The lowest BCUT2D eigenvalue weighted by atomic mass is 9.94. The highest BCUT2D eigenvalue weighted by Crippen LogP contribution is 2.30. The Bertz CT molecular complexity index is 702. The van der Waals surface area contributed by atoms with Gasteiger partial charge in [0.1, 0.15) is 0 Å². The highest BCUT2D eigenvalue weighted by atomic mass is 35.5. The lowest BCUT2D eigenvalue weighted by Gasteiger charge is -2.27. The molecule has 1 saturated heterocycles. The molecule has 1 aliphatic heterocycles. The van der Waals surface area contributed by atoms with Crippen molar-refractivity contribution >= 4 is 46.7 Å². The van der Waals surface area contributed by atoms with Gasteiger partial charge in [0, 0.05) is 30.1 Å². The molecule has 2 rings (SSSR count). The van der Waals surface area contributed by atoms with Gasteiger partial charge >= 0.3 is 11.9 Å². The summed E-state index contributed by atoms with van der Waals surface area (Å²) >= 11 is 12.2. The van der Waals surface area contributed by atoms with Crippen LogP contribution in [0.4, 0.5) is 5.69 Å². The van der Waals surface area contributed by atoms with Crippen LogP contribution in [0.2, 0.25) is 10.0 Å². The second-order valence-electron chi connectivity index (χ2n) is 6.14. The zero-order chi connectivity index (χ0) is 21.1. The van der Waals surface area contributed by atoms with E-state index in [0.29, 0.717) is 46.8 Å². The average molecular weight is 431 g/mol. The Morgan fingerprint density at radius 3 is 2.21 bits per heavy atom. The van der Waals surface area contributed by atoms with Crippen molar-refractivity contribution in [3.05, 3.63) is 40.4 Å². The molecule has 0 bridgehead atoms. The molecule has 7 nitrogen and oxygen atoms in total. The molecule has 0 saturated carbocycles. The van der Waals surface area contributed by atoms with E-state index in [1.165, 1.54) is 0 Å². The third kappa shape index (κ3) is 8.73. The molecule has 1 amide bonds. The van der Waals surface area contributed by atoms with E-state index in [0.717, 1.165) is 25.9 Å². The molecule has 154 valence electrons. The summed E-state index contributed by atoms with van der Waals surface area (Å²) in [6.45, 7) is 4.56. The Morgan fingerprint density at radius 1 is 1.14 bits per heavy atom. The molecule has 1 aliphatic rings. The SMILES string of the molecule is CCN(C(=O)CC1CCNCC1)c1cc(Cl)ccc1Cl.O=C(O)/C=C/C(=O)O. The maximum Gasteiger partial charge on any atom is 0.328 e. The van der Waals surface area contributed by atoms with E-state index >= 15 is 0 Å². The molecule has 0 unspecified atom stereocenters. The number of aliphatic carboxylic acids is 2. The van der Waals surface area contributed by atoms with Crippen molar-refractivity contribution in [2.75, 3.05) is 24.5 Å².